The van der Waals surface area contributed by atoms with Gasteiger partial charge in [0, 0.05) is 5.02 Å². The number of carbonyl (C=O) groups excluding carboxylic acids is 1. The Morgan fingerprint density at radius 1 is 1.22 bits per heavy atom. The van der Waals surface area contributed by atoms with E-state index >= 15 is 0 Å². The molecule has 0 aliphatic heterocycles. The molecule has 2 N–H and O–H groups in total. The fourth-order valence-electron chi connectivity index (χ4n) is 2.64. The summed E-state index contributed by atoms with van der Waals surface area (Å²) in [5.74, 6) is 0.272. The number of ether oxygens (including phenoxy) is 1. The second kappa shape index (κ2) is 10.4. The van der Waals surface area contributed by atoms with Crippen molar-refractivity contribution < 1.29 is 14.6 Å². The van der Waals surface area contributed by atoms with Crippen LogP contribution in [0, 0.1) is 6.92 Å². The minimum atomic E-state index is -0.291. The normalized spacial score (nSPS) is 10.7. The molecule has 0 fully saturated rings. The van der Waals surface area contributed by atoms with Crippen molar-refractivity contribution in [2.75, 3.05) is 11.9 Å². The maximum absolute atomic E-state index is 12.1. The van der Waals surface area contributed by atoms with Gasteiger partial charge >= 0.3 is 0 Å². The summed E-state index contributed by atoms with van der Waals surface area (Å²) in [5.41, 5.74) is 1.99. The van der Waals surface area contributed by atoms with Crippen LogP contribution in [0.3, 0.4) is 0 Å². The number of hydrogen-bond acceptors (Lipinski definition) is 3. The Hall–Kier alpha value is -1.91. The van der Waals surface area contributed by atoms with Crippen molar-refractivity contribution in [3.63, 3.8) is 0 Å². The zero-order chi connectivity index (χ0) is 19.8. The van der Waals surface area contributed by atoms with E-state index in [9.17, 15) is 9.90 Å². The van der Waals surface area contributed by atoms with E-state index in [-0.39, 0.29) is 35.4 Å². The highest BCUT2D eigenvalue weighted by molar-refractivity contribution is 6.37. The van der Waals surface area contributed by atoms with E-state index in [0.29, 0.717) is 10.6 Å². The second-order valence-corrected chi connectivity index (χ2v) is 7.23. The van der Waals surface area contributed by atoms with Gasteiger partial charge in [-0.25, -0.2) is 0 Å². The minimum Gasteiger partial charge on any atom is -0.504 e. The molecule has 0 heterocycles. The van der Waals surface area contributed by atoms with Crippen molar-refractivity contribution in [3.8, 4) is 11.5 Å². The highest BCUT2D eigenvalue weighted by atomic mass is 35.5. The van der Waals surface area contributed by atoms with E-state index in [1.54, 1.807) is 6.92 Å². The maximum Gasteiger partial charge on any atom is 0.227 e. The van der Waals surface area contributed by atoms with Gasteiger partial charge in [-0.15, -0.1) is 0 Å². The second-order valence-electron chi connectivity index (χ2n) is 6.44. The molecule has 0 unspecified atom stereocenters. The third-order valence-corrected chi connectivity index (χ3v) is 5.12. The van der Waals surface area contributed by atoms with Gasteiger partial charge in [0.2, 0.25) is 5.91 Å². The van der Waals surface area contributed by atoms with Crippen LogP contribution in [0.2, 0.25) is 10.0 Å². The minimum absolute atomic E-state index is 0.133. The highest BCUT2D eigenvalue weighted by Gasteiger charge is 2.14. The van der Waals surface area contributed by atoms with Crippen LogP contribution in [0.5, 0.6) is 11.5 Å². The zero-order valence-corrected chi connectivity index (χ0v) is 17.2. The molecule has 27 heavy (non-hydrogen) atoms. The number of aromatic hydroxyl groups is 1. The number of phenolic OH excluding ortho intramolecular Hbond substituents is 1. The van der Waals surface area contributed by atoms with Crippen molar-refractivity contribution in [1.29, 1.82) is 0 Å². The van der Waals surface area contributed by atoms with Crippen molar-refractivity contribution in [2.24, 2.45) is 0 Å². The summed E-state index contributed by atoms with van der Waals surface area (Å²) in [6.45, 7) is 4.11. The molecule has 0 aliphatic rings. The molecule has 0 atom stereocenters. The Balaban J connectivity index is 1.85. The molecule has 1 amide bonds. The van der Waals surface area contributed by atoms with Gasteiger partial charge in [0.1, 0.15) is 5.75 Å². The number of amides is 1. The average molecular weight is 410 g/mol. The Morgan fingerprint density at radius 3 is 2.74 bits per heavy atom. The van der Waals surface area contributed by atoms with Gasteiger partial charge in [0.15, 0.2) is 5.75 Å². The molecule has 0 aliphatic carbocycles. The average Bonchev–Trinajstić information content (AvgIpc) is 2.65. The maximum atomic E-state index is 12.1. The molecule has 0 saturated carbocycles. The molecule has 2 rings (SSSR count). The van der Waals surface area contributed by atoms with Crippen LogP contribution in [-0.4, -0.2) is 17.6 Å². The number of aryl methyl sites for hydroxylation is 1. The largest absolute Gasteiger partial charge is 0.504 e. The fourth-order valence-corrected chi connectivity index (χ4v) is 3.10. The van der Waals surface area contributed by atoms with Gasteiger partial charge in [0.05, 0.1) is 23.7 Å². The third-order valence-electron chi connectivity index (χ3n) is 4.26. The van der Waals surface area contributed by atoms with E-state index in [4.69, 9.17) is 27.9 Å². The van der Waals surface area contributed by atoms with Gasteiger partial charge in [-0.3, -0.25) is 4.79 Å². The summed E-state index contributed by atoms with van der Waals surface area (Å²) < 4.78 is 5.68. The molecule has 2 aromatic rings. The van der Waals surface area contributed by atoms with Crippen LogP contribution < -0.4 is 10.1 Å². The number of anilines is 1. The SMILES string of the molecule is CCCCCc1cccc(OCCC(=O)Nc2cc(Cl)c(C)c(Cl)c2O)c1. The standard InChI is InChI=1S/C21H25Cl2NO3/c1-3-4-5-7-15-8-6-9-16(12-15)27-11-10-19(25)24-18-13-17(22)14(2)20(23)21(18)26/h6,8-9,12-13,26H,3-5,7,10-11H2,1-2H3,(H,24,25). The number of halogens is 2. The molecule has 0 spiro atoms. The first-order valence-electron chi connectivity index (χ1n) is 9.11. The lowest BCUT2D eigenvalue weighted by atomic mass is 10.1. The van der Waals surface area contributed by atoms with E-state index in [0.717, 1.165) is 18.6 Å². The van der Waals surface area contributed by atoms with Crippen LogP contribution in [0.25, 0.3) is 0 Å². The summed E-state index contributed by atoms with van der Waals surface area (Å²) >= 11 is 12.1. The molecule has 0 bridgehead atoms. The van der Waals surface area contributed by atoms with Crippen LogP contribution >= 0.6 is 23.2 Å². The van der Waals surface area contributed by atoms with Crippen molar-refractivity contribution >= 4 is 34.8 Å². The van der Waals surface area contributed by atoms with Crippen LogP contribution in [0.1, 0.15) is 43.7 Å². The van der Waals surface area contributed by atoms with Crippen molar-refractivity contribution in [3.05, 3.63) is 51.5 Å². The molecule has 6 heteroatoms. The first kappa shape index (κ1) is 21.4. The number of nitrogens with one attached hydrogen (secondary N) is 1. The number of rotatable bonds is 9. The van der Waals surface area contributed by atoms with Crippen LogP contribution in [-0.2, 0) is 11.2 Å². The number of hydrogen-bond donors (Lipinski definition) is 2. The fraction of sp³-hybridized carbons (Fsp3) is 0.381. The summed E-state index contributed by atoms with van der Waals surface area (Å²) in [6, 6.07) is 9.43. The number of benzene rings is 2. The number of unbranched alkanes of at least 4 members (excludes halogenated alkanes) is 2. The molecule has 0 radical (unpaired) electrons. The topological polar surface area (TPSA) is 58.6 Å². The van der Waals surface area contributed by atoms with E-state index in [1.807, 2.05) is 18.2 Å². The lowest BCUT2D eigenvalue weighted by Gasteiger charge is -2.12. The summed E-state index contributed by atoms with van der Waals surface area (Å²) in [5, 5.41) is 13.2. The Kier molecular flexibility index (Phi) is 8.26. The first-order valence-corrected chi connectivity index (χ1v) is 9.87. The molecule has 146 valence electrons. The molecule has 2 aromatic carbocycles. The summed E-state index contributed by atoms with van der Waals surface area (Å²) in [6.07, 6.45) is 4.74. The van der Waals surface area contributed by atoms with Gasteiger partial charge < -0.3 is 15.2 Å². The lowest BCUT2D eigenvalue weighted by Crippen LogP contribution is -2.15. The highest BCUT2D eigenvalue weighted by Crippen LogP contribution is 2.38. The van der Waals surface area contributed by atoms with Crippen LogP contribution in [0.4, 0.5) is 5.69 Å². The monoisotopic (exact) mass is 409 g/mol. The number of carbonyl (C=O) groups is 1. The molecular weight excluding hydrogens is 385 g/mol. The quantitative estimate of drug-likeness (QED) is 0.385. The molecular formula is C21H25Cl2NO3. The Bertz CT molecular complexity index is 793. The predicted octanol–water partition coefficient (Wildman–Crippen LogP) is 6.15. The van der Waals surface area contributed by atoms with Crippen molar-refractivity contribution in [1.82, 2.24) is 0 Å². The Morgan fingerprint density at radius 2 is 2.00 bits per heavy atom. The number of phenols is 1. The van der Waals surface area contributed by atoms with Gasteiger partial charge in [0.25, 0.3) is 0 Å². The van der Waals surface area contributed by atoms with Gasteiger partial charge in [-0.1, -0.05) is 55.1 Å². The zero-order valence-electron chi connectivity index (χ0n) is 15.6. The molecule has 0 aromatic heterocycles. The molecule has 0 saturated heterocycles. The lowest BCUT2D eigenvalue weighted by molar-refractivity contribution is -0.116. The summed E-state index contributed by atoms with van der Waals surface area (Å²) in [4.78, 5) is 12.1. The van der Waals surface area contributed by atoms with Crippen molar-refractivity contribution in [2.45, 2.75) is 46.0 Å². The van der Waals surface area contributed by atoms with Gasteiger partial charge in [-0.2, -0.15) is 0 Å². The first-order chi connectivity index (χ1) is 12.9. The van der Waals surface area contributed by atoms with E-state index < -0.39 is 0 Å². The smallest absolute Gasteiger partial charge is 0.227 e. The summed E-state index contributed by atoms with van der Waals surface area (Å²) in [7, 11) is 0. The van der Waals surface area contributed by atoms with Crippen LogP contribution in [0.15, 0.2) is 30.3 Å². The van der Waals surface area contributed by atoms with E-state index in [1.165, 1.54) is 24.5 Å². The third kappa shape index (κ3) is 6.33. The molecule has 4 nitrogen and oxygen atoms in total. The predicted molar refractivity (Wildman–Crippen MR) is 111 cm³/mol. The Labute approximate surface area is 170 Å². The van der Waals surface area contributed by atoms with Gasteiger partial charge in [-0.05, 0) is 49.1 Å². The van der Waals surface area contributed by atoms with E-state index in [2.05, 4.69) is 18.3 Å².